The van der Waals surface area contributed by atoms with E-state index in [9.17, 15) is 4.79 Å². The predicted molar refractivity (Wildman–Crippen MR) is 91.4 cm³/mol. The lowest BCUT2D eigenvalue weighted by Crippen LogP contribution is -2.11. The van der Waals surface area contributed by atoms with Crippen LogP contribution in [0.25, 0.3) is 10.6 Å². The van der Waals surface area contributed by atoms with Crippen LogP contribution in [0.4, 0.5) is 5.69 Å². The molecule has 0 radical (unpaired) electrons. The molecule has 4 heteroatoms. The van der Waals surface area contributed by atoms with Crippen molar-refractivity contribution in [2.45, 2.75) is 13.8 Å². The summed E-state index contributed by atoms with van der Waals surface area (Å²) >= 11 is 1.42. The number of carbonyl (C=O) groups excluding carboxylic acids is 1. The second-order valence-corrected chi connectivity index (χ2v) is 6.12. The van der Waals surface area contributed by atoms with Gasteiger partial charge >= 0.3 is 0 Å². The van der Waals surface area contributed by atoms with E-state index >= 15 is 0 Å². The van der Waals surface area contributed by atoms with Gasteiger partial charge in [-0.15, -0.1) is 11.3 Å². The first-order valence-corrected chi connectivity index (χ1v) is 7.86. The fourth-order valence-corrected chi connectivity index (χ4v) is 3.10. The van der Waals surface area contributed by atoms with Crippen molar-refractivity contribution in [1.29, 1.82) is 0 Å². The summed E-state index contributed by atoms with van der Waals surface area (Å²) in [5.41, 5.74) is 3.75. The van der Waals surface area contributed by atoms with E-state index in [-0.39, 0.29) is 5.91 Å². The van der Waals surface area contributed by atoms with Crippen molar-refractivity contribution in [3.63, 3.8) is 0 Å². The largest absolute Gasteiger partial charge is 0.321 e. The van der Waals surface area contributed by atoms with E-state index in [1.807, 2.05) is 68.4 Å². The van der Waals surface area contributed by atoms with Gasteiger partial charge in [-0.2, -0.15) is 0 Å². The molecular weight excluding hydrogens is 292 g/mol. The van der Waals surface area contributed by atoms with Gasteiger partial charge in [-0.05, 0) is 26.0 Å². The minimum absolute atomic E-state index is 0.110. The highest BCUT2D eigenvalue weighted by atomic mass is 32.1. The molecule has 22 heavy (non-hydrogen) atoms. The van der Waals surface area contributed by atoms with E-state index in [4.69, 9.17) is 0 Å². The van der Waals surface area contributed by atoms with Crippen LogP contribution in [0.5, 0.6) is 0 Å². The molecule has 3 rings (SSSR count). The van der Waals surface area contributed by atoms with Crippen LogP contribution in [0.3, 0.4) is 0 Å². The summed E-state index contributed by atoms with van der Waals surface area (Å²) in [6.45, 7) is 3.89. The van der Waals surface area contributed by atoms with Crippen molar-refractivity contribution in [3.8, 4) is 10.6 Å². The number of rotatable bonds is 3. The van der Waals surface area contributed by atoms with Crippen LogP contribution in [-0.4, -0.2) is 10.9 Å². The van der Waals surface area contributed by atoms with Gasteiger partial charge in [0.1, 0.15) is 9.88 Å². The van der Waals surface area contributed by atoms with Gasteiger partial charge in [0, 0.05) is 11.3 Å². The standard InChI is InChI=1S/C18H16N2OS/c1-12-8-10-15(11-9-12)20-17(21)16-13(2)19-18(22-16)14-6-4-3-5-7-14/h3-11H,1-2H3,(H,20,21). The molecule has 110 valence electrons. The van der Waals surface area contributed by atoms with Crippen LogP contribution in [0.1, 0.15) is 20.9 Å². The number of hydrogen-bond donors (Lipinski definition) is 1. The zero-order chi connectivity index (χ0) is 15.5. The van der Waals surface area contributed by atoms with Crippen molar-refractivity contribution >= 4 is 22.9 Å². The van der Waals surface area contributed by atoms with Gasteiger partial charge in [-0.3, -0.25) is 4.79 Å². The quantitative estimate of drug-likeness (QED) is 0.763. The molecule has 0 saturated heterocycles. The first kappa shape index (κ1) is 14.5. The molecule has 2 aromatic carbocycles. The summed E-state index contributed by atoms with van der Waals surface area (Å²) in [7, 11) is 0. The van der Waals surface area contributed by atoms with E-state index in [1.165, 1.54) is 16.9 Å². The Morgan fingerprint density at radius 1 is 1.00 bits per heavy atom. The Kier molecular flexibility index (Phi) is 4.02. The monoisotopic (exact) mass is 308 g/mol. The summed E-state index contributed by atoms with van der Waals surface area (Å²) in [5, 5.41) is 3.79. The van der Waals surface area contributed by atoms with Crippen molar-refractivity contribution in [2.24, 2.45) is 0 Å². The molecule has 0 fully saturated rings. The van der Waals surface area contributed by atoms with Crippen molar-refractivity contribution in [2.75, 3.05) is 5.32 Å². The zero-order valence-electron chi connectivity index (χ0n) is 12.5. The number of aryl methyl sites for hydroxylation is 2. The molecule has 0 bridgehead atoms. The molecule has 1 amide bonds. The van der Waals surface area contributed by atoms with E-state index in [0.717, 1.165) is 22.0 Å². The molecule has 1 heterocycles. The number of benzene rings is 2. The van der Waals surface area contributed by atoms with E-state index in [0.29, 0.717) is 4.88 Å². The highest BCUT2D eigenvalue weighted by molar-refractivity contribution is 7.17. The lowest BCUT2D eigenvalue weighted by molar-refractivity contribution is 0.103. The van der Waals surface area contributed by atoms with Crippen LogP contribution >= 0.6 is 11.3 Å². The third kappa shape index (κ3) is 3.07. The molecule has 1 N–H and O–H groups in total. The Morgan fingerprint density at radius 2 is 1.68 bits per heavy atom. The lowest BCUT2D eigenvalue weighted by Gasteiger charge is -2.04. The number of thiazole rings is 1. The van der Waals surface area contributed by atoms with Gasteiger partial charge in [0.15, 0.2) is 0 Å². The van der Waals surface area contributed by atoms with Crippen molar-refractivity contribution in [1.82, 2.24) is 4.98 Å². The summed E-state index contributed by atoms with van der Waals surface area (Å²) in [6.07, 6.45) is 0. The summed E-state index contributed by atoms with van der Waals surface area (Å²) in [5.74, 6) is -0.110. The third-order valence-corrected chi connectivity index (χ3v) is 4.54. The minimum Gasteiger partial charge on any atom is -0.321 e. The molecule has 0 atom stereocenters. The van der Waals surface area contributed by atoms with Crippen LogP contribution in [0, 0.1) is 13.8 Å². The molecule has 1 aromatic heterocycles. The molecule has 3 nitrogen and oxygen atoms in total. The van der Waals surface area contributed by atoms with Gasteiger partial charge in [0.05, 0.1) is 5.69 Å². The first-order chi connectivity index (χ1) is 10.6. The van der Waals surface area contributed by atoms with Gasteiger partial charge in [0.25, 0.3) is 5.91 Å². The number of hydrogen-bond acceptors (Lipinski definition) is 3. The van der Waals surface area contributed by atoms with Gasteiger partial charge in [-0.1, -0.05) is 48.0 Å². The molecule has 0 aliphatic carbocycles. The van der Waals surface area contributed by atoms with Crippen molar-refractivity contribution < 1.29 is 4.79 Å². The maximum atomic E-state index is 12.4. The molecule has 0 saturated carbocycles. The number of aromatic nitrogens is 1. The maximum Gasteiger partial charge on any atom is 0.267 e. The fraction of sp³-hybridized carbons (Fsp3) is 0.111. The molecule has 3 aromatic rings. The summed E-state index contributed by atoms with van der Waals surface area (Å²) in [6, 6.07) is 17.7. The normalized spacial score (nSPS) is 10.5. The Morgan fingerprint density at radius 3 is 2.36 bits per heavy atom. The second-order valence-electron chi connectivity index (χ2n) is 5.12. The highest BCUT2D eigenvalue weighted by Gasteiger charge is 2.16. The number of amides is 1. The molecular formula is C18H16N2OS. The Hall–Kier alpha value is -2.46. The maximum absolute atomic E-state index is 12.4. The molecule has 0 aliphatic heterocycles. The fourth-order valence-electron chi connectivity index (χ4n) is 2.14. The highest BCUT2D eigenvalue weighted by Crippen LogP contribution is 2.28. The van der Waals surface area contributed by atoms with Crippen LogP contribution < -0.4 is 5.32 Å². The van der Waals surface area contributed by atoms with E-state index in [2.05, 4.69) is 10.3 Å². The predicted octanol–water partition coefficient (Wildman–Crippen LogP) is 4.68. The Bertz CT molecular complexity index is 792. The summed E-state index contributed by atoms with van der Waals surface area (Å²) in [4.78, 5) is 17.6. The number of anilines is 1. The SMILES string of the molecule is Cc1ccc(NC(=O)c2sc(-c3ccccc3)nc2C)cc1. The zero-order valence-corrected chi connectivity index (χ0v) is 13.3. The Balaban J connectivity index is 1.84. The van der Waals surface area contributed by atoms with E-state index < -0.39 is 0 Å². The van der Waals surface area contributed by atoms with Crippen LogP contribution in [-0.2, 0) is 0 Å². The van der Waals surface area contributed by atoms with Gasteiger partial charge in [0.2, 0.25) is 0 Å². The average molecular weight is 308 g/mol. The number of nitrogens with zero attached hydrogens (tertiary/aromatic N) is 1. The smallest absolute Gasteiger partial charge is 0.267 e. The minimum atomic E-state index is -0.110. The van der Waals surface area contributed by atoms with E-state index in [1.54, 1.807) is 0 Å². The Labute approximate surface area is 133 Å². The topological polar surface area (TPSA) is 42.0 Å². The molecule has 0 aliphatic rings. The van der Waals surface area contributed by atoms with Gasteiger partial charge < -0.3 is 5.32 Å². The van der Waals surface area contributed by atoms with Crippen molar-refractivity contribution in [3.05, 3.63) is 70.7 Å². The molecule has 0 spiro atoms. The number of carbonyl (C=O) groups is 1. The molecule has 0 unspecified atom stereocenters. The van der Waals surface area contributed by atoms with Gasteiger partial charge in [-0.25, -0.2) is 4.98 Å². The summed E-state index contributed by atoms with van der Waals surface area (Å²) < 4.78 is 0. The van der Waals surface area contributed by atoms with Crippen LogP contribution in [0.15, 0.2) is 54.6 Å². The second kappa shape index (κ2) is 6.12. The third-order valence-electron chi connectivity index (χ3n) is 3.33. The average Bonchev–Trinajstić information content (AvgIpc) is 2.92. The first-order valence-electron chi connectivity index (χ1n) is 7.04. The number of nitrogens with one attached hydrogen (secondary N) is 1. The lowest BCUT2D eigenvalue weighted by atomic mass is 10.2. The van der Waals surface area contributed by atoms with Crippen LogP contribution in [0.2, 0.25) is 0 Å².